The zero-order valence-corrected chi connectivity index (χ0v) is 11.8. The Kier molecular flexibility index (Phi) is 9.42. The summed E-state index contributed by atoms with van der Waals surface area (Å²) in [5, 5.41) is 3.46. The maximum absolute atomic E-state index is 5.55. The number of morpholine rings is 1. The van der Waals surface area contributed by atoms with Crippen LogP contribution >= 0.6 is 0 Å². The molecule has 108 valence electrons. The van der Waals surface area contributed by atoms with Gasteiger partial charge in [-0.1, -0.05) is 6.92 Å². The second kappa shape index (κ2) is 10.7. The van der Waals surface area contributed by atoms with Crippen LogP contribution in [-0.2, 0) is 14.2 Å². The molecule has 0 aliphatic carbocycles. The minimum Gasteiger partial charge on any atom is -0.382 e. The van der Waals surface area contributed by atoms with Crippen LogP contribution in [0.2, 0.25) is 0 Å². The van der Waals surface area contributed by atoms with Crippen molar-refractivity contribution in [3.8, 4) is 0 Å². The zero-order valence-electron chi connectivity index (χ0n) is 11.8. The predicted molar refractivity (Wildman–Crippen MR) is 72.0 cm³/mol. The minimum absolute atomic E-state index is 0.483. The molecule has 0 radical (unpaired) electrons. The molecule has 1 N–H and O–H groups in total. The lowest BCUT2D eigenvalue weighted by Gasteiger charge is -2.35. The summed E-state index contributed by atoms with van der Waals surface area (Å²) in [6.07, 6.45) is 1.17. The van der Waals surface area contributed by atoms with Crippen LogP contribution in [0.4, 0.5) is 0 Å². The fourth-order valence-electron chi connectivity index (χ4n) is 2.04. The van der Waals surface area contributed by atoms with E-state index in [1.807, 2.05) is 0 Å². The highest BCUT2D eigenvalue weighted by Gasteiger charge is 2.21. The third-order valence-electron chi connectivity index (χ3n) is 3.11. The highest BCUT2D eigenvalue weighted by molar-refractivity contribution is 4.77. The van der Waals surface area contributed by atoms with Gasteiger partial charge >= 0.3 is 0 Å². The molecular weight excluding hydrogens is 232 g/mol. The standard InChI is InChI=1S/C13H28N2O3/c1-3-4-14-11-13-12-18-8-6-15(13)5-7-17-10-9-16-2/h13-14H,3-12H2,1-2H3. The molecule has 1 rings (SSSR count). The van der Waals surface area contributed by atoms with Gasteiger partial charge in [0.15, 0.2) is 0 Å². The third-order valence-corrected chi connectivity index (χ3v) is 3.11. The molecule has 1 fully saturated rings. The Morgan fingerprint density at radius 2 is 2.22 bits per heavy atom. The lowest BCUT2D eigenvalue weighted by atomic mass is 10.2. The maximum atomic E-state index is 5.55. The molecule has 1 unspecified atom stereocenters. The Balaban J connectivity index is 2.13. The predicted octanol–water partition coefficient (Wildman–Crippen LogP) is 0.350. The molecule has 5 nitrogen and oxygen atoms in total. The Morgan fingerprint density at radius 3 is 3.00 bits per heavy atom. The van der Waals surface area contributed by atoms with Gasteiger partial charge in [-0.05, 0) is 13.0 Å². The van der Waals surface area contributed by atoms with Crippen LogP contribution in [0.15, 0.2) is 0 Å². The van der Waals surface area contributed by atoms with Gasteiger partial charge < -0.3 is 19.5 Å². The van der Waals surface area contributed by atoms with Crippen molar-refractivity contribution in [2.24, 2.45) is 0 Å². The van der Waals surface area contributed by atoms with Gasteiger partial charge in [0.05, 0.1) is 33.0 Å². The lowest BCUT2D eigenvalue weighted by molar-refractivity contribution is -0.0228. The molecule has 1 saturated heterocycles. The molecular formula is C13H28N2O3. The molecule has 0 amide bonds. The van der Waals surface area contributed by atoms with Crippen molar-refractivity contribution >= 4 is 0 Å². The van der Waals surface area contributed by atoms with Crippen LogP contribution < -0.4 is 5.32 Å². The molecule has 0 aromatic heterocycles. The monoisotopic (exact) mass is 260 g/mol. The molecule has 0 aromatic rings. The number of ether oxygens (including phenoxy) is 3. The SMILES string of the molecule is CCCNCC1COCCN1CCOCCOC. The highest BCUT2D eigenvalue weighted by atomic mass is 16.5. The van der Waals surface area contributed by atoms with Crippen LogP contribution in [-0.4, -0.2) is 77.3 Å². The van der Waals surface area contributed by atoms with Crippen molar-refractivity contribution in [2.45, 2.75) is 19.4 Å². The van der Waals surface area contributed by atoms with E-state index in [1.54, 1.807) is 7.11 Å². The van der Waals surface area contributed by atoms with E-state index in [0.29, 0.717) is 19.3 Å². The van der Waals surface area contributed by atoms with E-state index >= 15 is 0 Å². The third kappa shape index (κ3) is 6.66. The van der Waals surface area contributed by atoms with Gasteiger partial charge in [0.1, 0.15) is 0 Å². The fourth-order valence-corrected chi connectivity index (χ4v) is 2.04. The summed E-state index contributed by atoms with van der Waals surface area (Å²) in [5.41, 5.74) is 0. The van der Waals surface area contributed by atoms with Crippen LogP contribution in [0.5, 0.6) is 0 Å². The zero-order chi connectivity index (χ0) is 13.1. The molecule has 0 aromatic carbocycles. The second-order valence-corrected chi connectivity index (χ2v) is 4.57. The first kappa shape index (κ1) is 15.9. The maximum Gasteiger partial charge on any atom is 0.0700 e. The lowest BCUT2D eigenvalue weighted by Crippen LogP contribution is -2.51. The number of nitrogens with zero attached hydrogens (tertiary/aromatic N) is 1. The first-order valence-corrected chi connectivity index (χ1v) is 6.97. The first-order chi connectivity index (χ1) is 8.88. The molecule has 0 saturated carbocycles. The first-order valence-electron chi connectivity index (χ1n) is 6.97. The second-order valence-electron chi connectivity index (χ2n) is 4.57. The van der Waals surface area contributed by atoms with Gasteiger partial charge in [-0.2, -0.15) is 0 Å². The van der Waals surface area contributed by atoms with Crippen molar-refractivity contribution in [2.75, 3.05) is 66.3 Å². The van der Waals surface area contributed by atoms with E-state index in [-0.39, 0.29) is 0 Å². The van der Waals surface area contributed by atoms with E-state index in [2.05, 4.69) is 17.1 Å². The van der Waals surface area contributed by atoms with Crippen molar-refractivity contribution in [1.29, 1.82) is 0 Å². The number of hydrogen-bond donors (Lipinski definition) is 1. The van der Waals surface area contributed by atoms with Gasteiger partial charge in [0.2, 0.25) is 0 Å². The van der Waals surface area contributed by atoms with Crippen molar-refractivity contribution in [3.05, 3.63) is 0 Å². The molecule has 0 bridgehead atoms. The van der Waals surface area contributed by atoms with Gasteiger partial charge in [-0.3, -0.25) is 4.90 Å². The topological polar surface area (TPSA) is 43.0 Å². The van der Waals surface area contributed by atoms with E-state index in [1.165, 1.54) is 6.42 Å². The normalized spacial score (nSPS) is 21.3. The quantitative estimate of drug-likeness (QED) is 0.574. The molecule has 0 spiro atoms. The van der Waals surface area contributed by atoms with Crippen molar-refractivity contribution in [1.82, 2.24) is 10.2 Å². The largest absolute Gasteiger partial charge is 0.382 e. The summed E-state index contributed by atoms with van der Waals surface area (Å²) < 4.78 is 16.0. The smallest absolute Gasteiger partial charge is 0.0700 e. The molecule has 1 aliphatic heterocycles. The van der Waals surface area contributed by atoms with Gasteiger partial charge in [-0.25, -0.2) is 0 Å². The van der Waals surface area contributed by atoms with Crippen LogP contribution in [0.25, 0.3) is 0 Å². The average molecular weight is 260 g/mol. The Labute approximate surface area is 111 Å². The Bertz CT molecular complexity index is 193. The number of hydrogen-bond acceptors (Lipinski definition) is 5. The number of nitrogens with one attached hydrogen (secondary N) is 1. The number of rotatable bonds is 10. The molecule has 5 heteroatoms. The van der Waals surface area contributed by atoms with Gasteiger partial charge in [-0.15, -0.1) is 0 Å². The average Bonchev–Trinajstić information content (AvgIpc) is 2.40. The molecule has 1 aliphatic rings. The van der Waals surface area contributed by atoms with Gasteiger partial charge in [0.25, 0.3) is 0 Å². The van der Waals surface area contributed by atoms with Crippen LogP contribution in [0.1, 0.15) is 13.3 Å². The number of methoxy groups -OCH3 is 1. The highest BCUT2D eigenvalue weighted by Crippen LogP contribution is 2.05. The molecule has 1 atom stereocenters. The summed E-state index contributed by atoms with van der Waals surface area (Å²) in [5.74, 6) is 0. The van der Waals surface area contributed by atoms with E-state index in [0.717, 1.165) is 46.0 Å². The van der Waals surface area contributed by atoms with E-state index < -0.39 is 0 Å². The Hall–Kier alpha value is -0.200. The van der Waals surface area contributed by atoms with Crippen LogP contribution in [0.3, 0.4) is 0 Å². The van der Waals surface area contributed by atoms with Crippen molar-refractivity contribution in [3.63, 3.8) is 0 Å². The van der Waals surface area contributed by atoms with Gasteiger partial charge in [0, 0.05) is 32.8 Å². The van der Waals surface area contributed by atoms with Crippen LogP contribution in [0, 0.1) is 0 Å². The summed E-state index contributed by atoms with van der Waals surface area (Å²) in [6, 6.07) is 0.483. The summed E-state index contributed by atoms with van der Waals surface area (Å²) in [7, 11) is 1.70. The fraction of sp³-hybridized carbons (Fsp3) is 1.00. The summed E-state index contributed by atoms with van der Waals surface area (Å²) >= 11 is 0. The van der Waals surface area contributed by atoms with E-state index in [9.17, 15) is 0 Å². The molecule has 1 heterocycles. The molecule has 18 heavy (non-hydrogen) atoms. The Morgan fingerprint density at radius 1 is 1.33 bits per heavy atom. The minimum atomic E-state index is 0.483. The summed E-state index contributed by atoms with van der Waals surface area (Å²) in [4.78, 5) is 2.46. The summed E-state index contributed by atoms with van der Waals surface area (Å²) in [6.45, 7) is 10.0. The van der Waals surface area contributed by atoms with Crippen molar-refractivity contribution < 1.29 is 14.2 Å². The van der Waals surface area contributed by atoms with E-state index in [4.69, 9.17) is 14.2 Å².